The summed E-state index contributed by atoms with van der Waals surface area (Å²) in [4.78, 5) is 6.33. The van der Waals surface area contributed by atoms with Crippen LogP contribution in [0.25, 0.3) is 0 Å². The van der Waals surface area contributed by atoms with Gasteiger partial charge in [-0.05, 0) is 48.2 Å². The summed E-state index contributed by atoms with van der Waals surface area (Å²) < 4.78 is 0. The summed E-state index contributed by atoms with van der Waals surface area (Å²) in [6, 6.07) is 12.0. The van der Waals surface area contributed by atoms with Crippen molar-refractivity contribution >= 4 is 11.4 Å². The molecule has 2 aromatic rings. The second-order valence-corrected chi connectivity index (χ2v) is 5.03. The third kappa shape index (κ3) is 2.30. The van der Waals surface area contributed by atoms with Crippen LogP contribution in [0.1, 0.15) is 23.2 Å². The fourth-order valence-electron chi connectivity index (χ4n) is 2.75. The van der Waals surface area contributed by atoms with E-state index in [0.717, 1.165) is 37.2 Å². The molecule has 2 N–H and O–H groups in total. The van der Waals surface area contributed by atoms with Crippen molar-refractivity contribution in [2.24, 2.45) is 0 Å². The molecule has 20 heavy (non-hydrogen) atoms. The first-order valence-corrected chi connectivity index (χ1v) is 6.75. The minimum atomic E-state index is 0.465. The Morgan fingerprint density at radius 1 is 1.35 bits per heavy atom. The Morgan fingerprint density at radius 2 is 2.25 bits per heavy atom. The molecule has 2 heterocycles. The average Bonchev–Trinajstić information content (AvgIpc) is 2.49. The quantitative estimate of drug-likeness (QED) is 0.846. The summed E-state index contributed by atoms with van der Waals surface area (Å²) in [6.45, 7) is 1.80. The van der Waals surface area contributed by atoms with Crippen LogP contribution < -0.4 is 10.6 Å². The second-order valence-electron chi connectivity index (χ2n) is 5.03. The van der Waals surface area contributed by atoms with E-state index in [1.807, 2.05) is 24.3 Å². The van der Waals surface area contributed by atoms with Gasteiger partial charge in [-0.2, -0.15) is 5.26 Å². The lowest BCUT2D eigenvalue weighted by Gasteiger charge is -2.32. The number of pyridine rings is 1. The molecule has 0 saturated heterocycles. The van der Waals surface area contributed by atoms with Gasteiger partial charge in [-0.3, -0.25) is 0 Å². The van der Waals surface area contributed by atoms with Crippen LogP contribution in [0.4, 0.5) is 11.4 Å². The average molecular weight is 264 g/mol. The highest BCUT2D eigenvalue weighted by Gasteiger charge is 2.18. The van der Waals surface area contributed by atoms with Crippen LogP contribution in [0.15, 0.2) is 36.5 Å². The molecule has 1 aromatic carbocycles. The van der Waals surface area contributed by atoms with Gasteiger partial charge in [0, 0.05) is 30.7 Å². The molecule has 0 unspecified atom stereocenters. The Labute approximate surface area is 118 Å². The lowest BCUT2D eigenvalue weighted by Crippen LogP contribution is -2.29. The Kier molecular flexibility index (Phi) is 3.26. The number of hydrogen-bond donors (Lipinski definition) is 1. The van der Waals surface area contributed by atoms with Crippen molar-refractivity contribution in [2.75, 3.05) is 17.2 Å². The number of nitrogens with two attached hydrogens (primary N) is 1. The summed E-state index contributed by atoms with van der Waals surface area (Å²) in [6.07, 6.45) is 3.84. The first kappa shape index (κ1) is 12.5. The number of anilines is 2. The molecule has 0 atom stereocenters. The maximum atomic E-state index is 8.92. The van der Waals surface area contributed by atoms with Crippen LogP contribution in [0.2, 0.25) is 0 Å². The van der Waals surface area contributed by atoms with Gasteiger partial charge in [0.1, 0.15) is 11.8 Å². The van der Waals surface area contributed by atoms with Crippen LogP contribution in [-0.2, 0) is 13.0 Å². The highest BCUT2D eigenvalue weighted by molar-refractivity contribution is 5.66. The first-order valence-electron chi connectivity index (χ1n) is 6.75. The zero-order valence-electron chi connectivity index (χ0n) is 11.2. The highest BCUT2D eigenvalue weighted by Crippen LogP contribution is 2.32. The van der Waals surface area contributed by atoms with E-state index in [-0.39, 0.29) is 0 Å². The number of hydrogen-bond acceptors (Lipinski definition) is 4. The third-order valence-corrected chi connectivity index (χ3v) is 3.70. The van der Waals surface area contributed by atoms with Gasteiger partial charge in [0.2, 0.25) is 0 Å². The van der Waals surface area contributed by atoms with Crippen LogP contribution >= 0.6 is 0 Å². The Balaban J connectivity index is 1.90. The summed E-state index contributed by atoms with van der Waals surface area (Å²) in [7, 11) is 0. The van der Waals surface area contributed by atoms with E-state index < -0.39 is 0 Å². The Bertz CT molecular complexity index is 672. The normalized spacial score (nSPS) is 13.7. The van der Waals surface area contributed by atoms with E-state index in [2.05, 4.69) is 22.0 Å². The van der Waals surface area contributed by atoms with Gasteiger partial charge >= 0.3 is 0 Å². The molecule has 1 aliphatic heterocycles. The van der Waals surface area contributed by atoms with Gasteiger partial charge in [0.05, 0.1) is 0 Å². The smallest absolute Gasteiger partial charge is 0.140 e. The van der Waals surface area contributed by atoms with E-state index in [1.165, 1.54) is 11.3 Å². The molecule has 0 spiro atoms. The molecule has 0 aliphatic carbocycles. The van der Waals surface area contributed by atoms with Crippen molar-refractivity contribution in [1.29, 1.82) is 5.26 Å². The van der Waals surface area contributed by atoms with Crippen molar-refractivity contribution in [3.8, 4) is 6.07 Å². The maximum Gasteiger partial charge on any atom is 0.140 e. The van der Waals surface area contributed by atoms with E-state index in [1.54, 1.807) is 6.20 Å². The van der Waals surface area contributed by atoms with Gasteiger partial charge in [-0.25, -0.2) is 4.98 Å². The van der Waals surface area contributed by atoms with Gasteiger partial charge in [0.25, 0.3) is 0 Å². The maximum absolute atomic E-state index is 8.92. The molecule has 0 amide bonds. The Morgan fingerprint density at radius 3 is 3.10 bits per heavy atom. The van der Waals surface area contributed by atoms with E-state index in [4.69, 9.17) is 11.0 Å². The highest BCUT2D eigenvalue weighted by atomic mass is 15.1. The van der Waals surface area contributed by atoms with E-state index in [9.17, 15) is 0 Å². The van der Waals surface area contributed by atoms with Crippen molar-refractivity contribution in [3.63, 3.8) is 0 Å². The zero-order valence-corrected chi connectivity index (χ0v) is 11.2. The molecule has 4 heteroatoms. The zero-order chi connectivity index (χ0) is 13.9. The Hall–Kier alpha value is -2.54. The largest absolute Gasteiger partial charge is 0.398 e. The van der Waals surface area contributed by atoms with Gasteiger partial charge in [-0.1, -0.05) is 6.07 Å². The molecule has 0 bridgehead atoms. The van der Waals surface area contributed by atoms with Crippen LogP contribution in [0, 0.1) is 11.3 Å². The summed E-state index contributed by atoms with van der Waals surface area (Å²) in [5.41, 5.74) is 11.0. The number of nitrogen functional groups attached to an aromatic ring is 1. The topological polar surface area (TPSA) is 65.9 Å². The van der Waals surface area contributed by atoms with Gasteiger partial charge < -0.3 is 10.6 Å². The number of benzene rings is 1. The number of aromatic nitrogens is 1. The lowest BCUT2D eigenvalue weighted by molar-refractivity contribution is 0.692. The molecule has 0 saturated carbocycles. The molecule has 4 nitrogen and oxygen atoms in total. The molecule has 0 fully saturated rings. The molecule has 1 aliphatic rings. The molecule has 100 valence electrons. The fraction of sp³-hybridized carbons (Fsp3) is 0.250. The monoisotopic (exact) mass is 264 g/mol. The van der Waals surface area contributed by atoms with Crippen molar-refractivity contribution < 1.29 is 0 Å². The van der Waals surface area contributed by atoms with Crippen molar-refractivity contribution in [3.05, 3.63) is 53.3 Å². The first-order chi connectivity index (χ1) is 9.78. The summed E-state index contributed by atoms with van der Waals surface area (Å²) >= 11 is 0. The third-order valence-electron chi connectivity index (χ3n) is 3.70. The minimum Gasteiger partial charge on any atom is -0.398 e. The van der Waals surface area contributed by atoms with Crippen LogP contribution in [-0.4, -0.2) is 11.5 Å². The number of rotatable bonds is 2. The predicted molar refractivity (Wildman–Crippen MR) is 79.2 cm³/mol. The van der Waals surface area contributed by atoms with Crippen LogP contribution in [0.5, 0.6) is 0 Å². The fourth-order valence-corrected chi connectivity index (χ4v) is 2.75. The molecule has 0 radical (unpaired) electrons. The standard InChI is InChI=1S/C16H16N4/c17-10-13-9-12(6-7-19-13)11-20-8-2-3-14-15(18)4-1-5-16(14)20/h1,4-7,9H,2-3,8,11,18H2. The summed E-state index contributed by atoms with van der Waals surface area (Å²) in [5, 5.41) is 8.92. The SMILES string of the molecule is N#Cc1cc(CN2CCCc3c(N)cccc32)ccn1. The van der Waals surface area contributed by atoms with Gasteiger partial charge in [-0.15, -0.1) is 0 Å². The summed E-state index contributed by atoms with van der Waals surface area (Å²) in [5.74, 6) is 0. The molecule has 1 aromatic heterocycles. The molecular weight excluding hydrogens is 248 g/mol. The second kappa shape index (κ2) is 5.22. The lowest BCUT2D eigenvalue weighted by atomic mass is 9.99. The molecule has 3 rings (SSSR count). The number of fused-ring (bicyclic) bond motifs is 1. The van der Waals surface area contributed by atoms with E-state index in [0.29, 0.717) is 5.69 Å². The van der Waals surface area contributed by atoms with Crippen molar-refractivity contribution in [2.45, 2.75) is 19.4 Å². The number of nitrogens with zero attached hydrogens (tertiary/aromatic N) is 3. The van der Waals surface area contributed by atoms with E-state index >= 15 is 0 Å². The number of nitriles is 1. The van der Waals surface area contributed by atoms with Gasteiger partial charge in [0.15, 0.2) is 0 Å². The minimum absolute atomic E-state index is 0.465. The van der Waals surface area contributed by atoms with Crippen LogP contribution in [0.3, 0.4) is 0 Å². The molecular formula is C16H16N4. The predicted octanol–water partition coefficient (Wildman–Crippen LogP) is 2.49. The van der Waals surface area contributed by atoms with Crippen molar-refractivity contribution in [1.82, 2.24) is 4.98 Å².